The molecular weight excluding hydrogens is 338 g/mol. The number of H-pyrrole nitrogens is 1. The number of aromatic amines is 1. The lowest BCUT2D eigenvalue weighted by molar-refractivity contribution is 0.0948. The highest BCUT2D eigenvalue weighted by Gasteiger charge is 2.17. The van der Waals surface area contributed by atoms with Gasteiger partial charge in [-0.05, 0) is 44.0 Å². The van der Waals surface area contributed by atoms with Gasteiger partial charge in [0.15, 0.2) is 5.69 Å². The van der Waals surface area contributed by atoms with Gasteiger partial charge in [0.1, 0.15) is 0 Å². The van der Waals surface area contributed by atoms with Crippen LogP contribution in [0.25, 0.3) is 16.6 Å². The number of aryl methyl sites for hydroxylation is 1. The maximum Gasteiger partial charge on any atom is 0.273 e. The van der Waals surface area contributed by atoms with Crippen molar-refractivity contribution in [1.82, 2.24) is 25.3 Å². The van der Waals surface area contributed by atoms with E-state index in [9.17, 15) is 4.79 Å². The third-order valence-corrected chi connectivity index (χ3v) is 4.74. The number of hydrogen-bond donors (Lipinski definition) is 2. The second-order valence-electron chi connectivity index (χ2n) is 6.64. The number of rotatable bonds is 5. The largest absolute Gasteiger partial charge is 0.361 e. The molecule has 4 rings (SSSR count). The van der Waals surface area contributed by atoms with Gasteiger partial charge >= 0.3 is 0 Å². The van der Waals surface area contributed by atoms with Crippen molar-refractivity contribution in [3.63, 3.8) is 0 Å². The van der Waals surface area contributed by atoms with Crippen LogP contribution in [-0.4, -0.2) is 32.4 Å². The van der Waals surface area contributed by atoms with E-state index in [1.54, 1.807) is 4.68 Å². The number of fused-ring (bicyclic) bond motifs is 1. The summed E-state index contributed by atoms with van der Waals surface area (Å²) in [5, 5.41) is 12.3. The molecule has 0 aliphatic heterocycles. The van der Waals surface area contributed by atoms with Crippen LogP contribution in [0.1, 0.15) is 27.3 Å². The van der Waals surface area contributed by atoms with Gasteiger partial charge in [-0.1, -0.05) is 41.1 Å². The topological polar surface area (TPSA) is 75.6 Å². The normalized spacial score (nSPS) is 11.0. The van der Waals surface area contributed by atoms with Crippen molar-refractivity contribution < 1.29 is 4.79 Å². The van der Waals surface area contributed by atoms with E-state index in [4.69, 9.17) is 0 Å². The predicted octanol–water partition coefficient (Wildman–Crippen LogP) is 3.34. The van der Waals surface area contributed by atoms with Crippen molar-refractivity contribution in [1.29, 1.82) is 0 Å². The fourth-order valence-electron chi connectivity index (χ4n) is 3.20. The number of carbonyl (C=O) groups is 1. The zero-order chi connectivity index (χ0) is 18.8. The smallest absolute Gasteiger partial charge is 0.273 e. The molecule has 6 nitrogen and oxygen atoms in total. The molecule has 2 N–H and O–H groups in total. The summed E-state index contributed by atoms with van der Waals surface area (Å²) in [5.41, 5.74) is 5.44. The first-order valence-corrected chi connectivity index (χ1v) is 8.96. The summed E-state index contributed by atoms with van der Waals surface area (Å²) in [6.07, 6.45) is 2.75. The van der Waals surface area contributed by atoms with Crippen molar-refractivity contribution in [2.24, 2.45) is 0 Å². The zero-order valence-corrected chi connectivity index (χ0v) is 15.4. The molecule has 0 spiro atoms. The SMILES string of the molecule is Cc1ccc(-n2nnc(C(=O)NCCc3c[nH]c4ccccc34)c2C)cc1. The Morgan fingerprint density at radius 1 is 1.11 bits per heavy atom. The minimum absolute atomic E-state index is 0.203. The van der Waals surface area contributed by atoms with Crippen LogP contribution in [0.2, 0.25) is 0 Å². The van der Waals surface area contributed by atoms with Crippen molar-refractivity contribution in [3.8, 4) is 5.69 Å². The molecule has 2 aromatic carbocycles. The van der Waals surface area contributed by atoms with Crippen LogP contribution in [0.5, 0.6) is 0 Å². The number of benzene rings is 2. The average Bonchev–Trinajstić information content (AvgIpc) is 3.26. The first-order valence-electron chi connectivity index (χ1n) is 8.96. The van der Waals surface area contributed by atoms with Crippen LogP contribution in [-0.2, 0) is 6.42 Å². The Labute approximate surface area is 157 Å². The quantitative estimate of drug-likeness (QED) is 0.574. The summed E-state index contributed by atoms with van der Waals surface area (Å²) in [6, 6.07) is 16.1. The molecule has 0 bridgehead atoms. The van der Waals surface area contributed by atoms with Crippen LogP contribution in [0.15, 0.2) is 54.7 Å². The number of nitrogens with one attached hydrogen (secondary N) is 2. The van der Waals surface area contributed by atoms with E-state index in [1.165, 1.54) is 16.5 Å². The average molecular weight is 359 g/mol. The first-order chi connectivity index (χ1) is 13.1. The minimum Gasteiger partial charge on any atom is -0.361 e. The minimum atomic E-state index is -0.203. The number of para-hydroxylation sites is 1. The highest BCUT2D eigenvalue weighted by atomic mass is 16.2. The first kappa shape index (κ1) is 17.0. The van der Waals surface area contributed by atoms with E-state index >= 15 is 0 Å². The molecule has 0 radical (unpaired) electrons. The molecule has 0 unspecified atom stereocenters. The molecule has 4 aromatic rings. The molecule has 0 saturated heterocycles. The highest BCUT2D eigenvalue weighted by molar-refractivity contribution is 5.93. The van der Waals surface area contributed by atoms with Gasteiger partial charge in [-0.25, -0.2) is 4.68 Å². The number of carbonyl (C=O) groups excluding carboxylic acids is 1. The summed E-state index contributed by atoms with van der Waals surface area (Å²) in [5.74, 6) is -0.203. The lowest BCUT2D eigenvalue weighted by atomic mass is 10.1. The molecule has 136 valence electrons. The van der Waals surface area contributed by atoms with E-state index < -0.39 is 0 Å². The number of nitrogens with zero attached hydrogens (tertiary/aromatic N) is 3. The van der Waals surface area contributed by atoms with E-state index in [2.05, 4.69) is 26.7 Å². The Morgan fingerprint density at radius 3 is 2.70 bits per heavy atom. The van der Waals surface area contributed by atoms with E-state index in [0.29, 0.717) is 12.2 Å². The summed E-state index contributed by atoms with van der Waals surface area (Å²) in [6.45, 7) is 4.43. The Kier molecular flexibility index (Phi) is 4.46. The van der Waals surface area contributed by atoms with Gasteiger partial charge in [0, 0.05) is 23.6 Å². The maximum atomic E-state index is 12.5. The number of aromatic nitrogens is 4. The standard InChI is InChI=1S/C21H21N5O/c1-14-7-9-17(10-8-14)26-15(2)20(24-25-26)21(27)22-12-11-16-13-23-19-6-4-3-5-18(16)19/h3-10,13,23H,11-12H2,1-2H3,(H,22,27). The number of amides is 1. The van der Waals surface area contributed by atoms with Gasteiger partial charge in [-0.2, -0.15) is 0 Å². The second-order valence-corrected chi connectivity index (χ2v) is 6.64. The fraction of sp³-hybridized carbons (Fsp3) is 0.190. The van der Waals surface area contributed by atoms with Gasteiger partial charge < -0.3 is 10.3 Å². The van der Waals surface area contributed by atoms with Gasteiger partial charge in [0.25, 0.3) is 5.91 Å². The molecule has 0 aliphatic rings. The zero-order valence-electron chi connectivity index (χ0n) is 15.4. The third-order valence-electron chi connectivity index (χ3n) is 4.74. The lowest BCUT2D eigenvalue weighted by Gasteiger charge is -2.05. The molecule has 0 atom stereocenters. The van der Waals surface area contributed by atoms with Gasteiger partial charge in [-0.15, -0.1) is 5.10 Å². The summed E-state index contributed by atoms with van der Waals surface area (Å²) >= 11 is 0. The van der Waals surface area contributed by atoms with Crippen LogP contribution < -0.4 is 5.32 Å². The molecule has 27 heavy (non-hydrogen) atoms. The van der Waals surface area contributed by atoms with E-state index in [-0.39, 0.29) is 5.91 Å². The van der Waals surface area contributed by atoms with Gasteiger partial charge in [0.2, 0.25) is 0 Å². The van der Waals surface area contributed by atoms with Crippen LogP contribution in [0.4, 0.5) is 0 Å². The molecular formula is C21H21N5O. The van der Waals surface area contributed by atoms with Gasteiger partial charge in [0.05, 0.1) is 11.4 Å². The molecule has 1 amide bonds. The summed E-state index contributed by atoms with van der Waals surface area (Å²) in [7, 11) is 0. The van der Waals surface area contributed by atoms with Crippen molar-refractivity contribution >= 4 is 16.8 Å². The van der Waals surface area contributed by atoms with Gasteiger partial charge in [-0.3, -0.25) is 4.79 Å². The maximum absolute atomic E-state index is 12.5. The molecule has 2 heterocycles. The van der Waals surface area contributed by atoms with Crippen LogP contribution in [0.3, 0.4) is 0 Å². The Hall–Kier alpha value is -3.41. The second kappa shape index (κ2) is 7.07. The van der Waals surface area contributed by atoms with E-state index in [1.807, 2.05) is 62.5 Å². The Balaban J connectivity index is 1.43. The Morgan fingerprint density at radius 2 is 1.89 bits per heavy atom. The predicted molar refractivity (Wildman–Crippen MR) is 105 cm³/mol. The van der Waals surface area contributed by atoms with Crippen molar-refractivity contribution in [2.75, 3.05) is 6.54 Å². The fourth-order valence-corrected chi connectivity index (χ4v) is 3.20. The monoisotopic (exact) mass is 359 g/mol. The molecule has 6 heteroatoms. The Bertz CT molecular complexity index is 1090. The lowest BCUT2D eigenvalue weighted by Crippen LogP contribution is -2.26. The number of hydrogen-bond acceptors (Lipinski definition) is 3. The summed E-state index contributed by atoms with van der Waals surface area (Å²) < 4.78 is 1.69. The van der Waals surface area contributed by atoms with Crippen molar-refractivity contribution in [2.45, 2.75) is 20.3 Å². The highest BCUT2D eigenvalue weighted by Crippen LogP contribution is 2.18. The molecule has 2 aromatic heterocycles. The van der Waals surface area contributed by atoms with Crippen molar-refractivity contribution in [3.05, 3.63) is 77.2 Å². The van der Waals surface area contributed by atoms with Crippen LogP contribution in [0, 0.1) is 13.8 Å². The molecule has 0 aliphatic carbocycles. The molecule has 0 fully saturated rings. The molecule has 0 saturated carbocycles. The summed E-state index contributed by atoms with van der Waals surface area (Å²) in [4.78, 5) is 15.8. The third kappa shape index (κ3) is 3.33. The van der Waals surface area contributed by atoms with Crippen LogP contribution >= 0.6 is 0 Å². The van der Waals surface area contributed by atoms with E-state index in [0.717, 1.165) is 23.3 Å².